The maximum Gasteiger partial charge on any atom is 0.0732 e. The van der Waals surface area contributed by atoms with Gasteiger partial charge in [-0.05, 0) is 31.8 Å². The molecule has 0 aromatic rings. The second-order valence-electron chi connectivity index (χ2n) is 4.26. The summed E-state index contributed by atoms with van der Waals surface area (Å²) in [6.45, 7) is 2.22. The monoisotopic (exact) mass is 206 g/mol. The van der Waals surface area contributed by atoms with Crippen LogP contribution in [0.3, 0.4) is 0 Å². The first-order valence-corrected chi connectivity index (χ1v) is 6.20. The molecule has 0 radical (unpaired) electrons. The van der Waals surface area contributed by atoms with Crippen molar-refractivity contribution in [2.75, 3.05) is 0 Å². The molecule has 1 nitrogen and oxygen atoms in total. The number of hydrogen-bond donors (Lipinski definition) is 1. The zero-order valence-electron chi connectivity index (χ0n) is 9.76. The molecule has 0 fully saturated rings. The van der Waals surface area contributed by atoms with Crippen molar-refractivity contribution in [3.8, 4) is 11.8 Å². The van der Waals surface area contributed by atoms with Gasteiger partial charge < -0.3 is 5.11 Å². The number of aliphatic hydroxyl groups excluding tert-OH is 1. The highest BCUT2D eigenvalue weighted by atomic mass is 16.3. The van der Waals surface area contributed by atoms with E-state index in [0.29, 0.717) is 0 Å². The minimum atomic E-state index is -0.247. The van der Waals surface area contributed by atoms with Gasteiger partial charge in [-0.2, -0.15) is 0 Å². The molecule has 1 aliphatic carbocycles. The third kappa shape index (κ3) is 5.64. The molecule has 1 unspecified atom stereocenters. The molecule has 1 N–H and O–H groups in total. The molecule has 1 heteroatoms. The van der Waals surface area contributed by atoms with Gasteiger partial charge in [0, 0.05) is 12.0 Å². The molecule has 15 heavy (non-hydrogen) atoms. The predicted octanol–water partition coefficient (Wildman–Crippen LogP) is 3.43. The van der Waals surface area contributed by atoms with Gasteiger partial charge in [-0.25, -0.2) is 0 Å². The van der Waals surface area contributed by atoms with Gasteiger partial charge in [0.2, 0.25) is 0 Å². The van der Waals surface area contributed by atoms with E-state index in [9.17, 15) is 5.11 Å². The molecule has 1 atom stereocenters. The van der Waals surface area contributed by atoms with Crippen molar-refractivity contribution in [1.29, 1.82) is 0 Å². The first kappa shape index (κ1) is 12.3. The Morgan fingerprint density at radius 1 is 1.40 bits per heavy atom. The Morgan fingerprint density at radius 3 is 3.00 bits per heavy atom. The third-order valence-electron chi connectivity index (χ3n) is 2.74. The third-order valence-corrected chi connectivity index (χ3v) is 2.74. The Bertz CT molecular complexity index is 254. The minimum absolute atomic E-state index is 0.247. The van der Waals surface area contributed by atoms with Crippen molar-refractivity contribution >= 4 is 0 Å². The fourth-order valence-corrected chi connectivity index (χ4v) is 1.82. The van der Waals surface area contributed by atoms with E-state index in [0.717, 1.165) is 31.3 Å². The lowest BCUT2D eigenvalue weighted by Crippen LogP contribution is -2.07. The van der Waals surface area contributed by atoms with E-state index in [1.54, 1.807) is 0 Å². The highest BCUT2D eigenvalue weighted by Gasteiger charge is 2.08. The minimum Gasteiger partial charge on any atom is -0.389 e. The Balaban J connectivity index is 2.19. The highest BCUT2D eigenvalue weighted by molar-refractivity contribution is 5.30. The number of allylic oxidation sites excluding steroid dienone is 1. The molecule has 0 saturated carbocycles. The molecule has 0 aromatic carbocycles. The Morgan fingerprint density at radius 2 is 2.27 bits per heavy atom. The molecule has 0 bridgehead atoms. The fourth-order valence-electron chi connectivity index (χ4n) is 1.82. The van der Waals surface area contributed by atoms with Crippen molar-refractivity contribution in [1.82, 2.24) is 0 Å². The Labute approximate surface area is 93.6 Å². The van der Waals surface area contributed by atoms with Crippen LogP contribution in [0, 0.1) is 11.8 Å². The van der Waals surface area contributed by atoms with Crippen LogP contribution >= 0.6 is 0 Å². The van der Waals surface area contributed by atoms with Crippen LogP contribution in [0.4, 0.5) is 0 Å². The van der Waals surface area contributed by atoms with Gasteiger partial charge in [0.1, 0.15) is 0 Å². The summed E-state index contributed by atoms with van der Waals surface area (Å²) in [5.74, 6) is 6.39. The fraction of sp³-hybridized carbons (Fsp3) is 0.714. The first-order chi connectivity index (χ1) is 7.33. The number of rotatable bonds is 4. The van der Waals surface area contributed by atoms with Gasteiger partial charge in [0.15, 0.2) is 0 Å². The molecule has 0 amide bonds. The largest absolute Gasteiger partial charge is 0.389 e. The average Bonchev–Trinajstić information content (AvgIpc) is 2.23. The zero-order chi connectivity index (χ0) is 10.9. The summed E-state index contributed by atoms with van der Waals surface area (Å²) in [7, 11) is 0. The quantitative estimate of drug-likeness (QED) is 0.552. The Kier molecular flexibility index (Phi) is 6.20. The zero-order valence-corrected chi connectivity index (χ0v) is 9.76. The smallest absolute Gasteiger partial charge is 0.0732 e. The van der Waals surface area contributed by atoms with Crippen molar-refractivity contribution in [2.45, 2.75) is 64.4 Å². The Hall–Kier alpha value is -0.740. The number of unbranched alkanes of at least 4 members (excludes halogenated alkanes) is 4. The maximum atomic E-state index is 9.41. The second-order valence-corrected chi connectivity index (χ2v) is 4.26. The maximum absolute atomic E-state index is 9.41. The SMILES string of the molecule is CCCCCCC#CC1=CC(O)CCC1. The van der Waals surface area contributed by atoms with Gasteiger partial charge in [0.05, 0.1) is 6.10 Å². The van der Waals surface area contributed by atoms with Crippen molar-refractivity contribution in [3.05, 3.63) is 11.6 Å². The summed E-state index contributed by atoms with van der Waals surface area (Å²) in [4.78, 5) is 0. The van der Waals surface area contributed by atoms with E-state index in [2.05, 4.69) is 18.8 Å². The van der Waals surface area contributed by atoms with E-state index < -0.39 is 0 Å². The molecule has 0 aliphatic heterocycles. The van der Waals surface area contributed by atoms with E-state index in [1.165, 1.54) is 25.7 Å². The molecule has 1 rings (SSSR count). The van der Waals surface area contributed by atoms with E-state index in [-0.39, 0.29) is 6.10 Å². The summed E-state index contributed by atoms with van der Waals surface area (Å²) in [5.41, 5.74) is 1.14. The van der Waals surface area contributed by atoms with Crippen LogP contribution in [0.15, 0.2) is 11.6 Å². The number of aliphatic hydroxyl groups is 1. The highest BCUT2D eigenvalue weighted by Crippen LogP contribution is 2.17. The molecule has 0 saturated heterocycles. The summed E-state index contributed by atoms with van der Waals surface area (Å²) >= 11 is 0. The van der Waals surface area contributed by atoms with E-state index in [1.807, 2.05) is 6.08 Å². The van der Waals surface area contributed by atoms with Gasteiger partial charge >= 0.3 is 0 Å². The van der Waals surface area contributed by atoms with Gasteiger partial charge in [-0.3, -0.25) is 0 Å². The standard InChI is InChI=1S/C14H22O/c1-2-3-4-5-6-7-9-13-10-8-11-14(15)12-13/h12,14-15H,2-6,8,10-11H2,1H3. The first-order valence-electron chi connectivity index (χ1n) is 6.20. The van der Waals surface area contributed by atoms with Crippen LogP contribution in [0.5, 0.6) is 0 Å². The molecular weight excluding hydrogens is 184 g/mol. The van der Waals surface area contributed by atoms with Crippen molar-refractivity contribution < 1.29 is 5.11 Å². The van der Waals surface area contributed by atoms with Crippen LogP contribution in [-0.2, 0) is 0 Å². The summed E-state index contributed by atoms with van der Waals surface area (Å²) < 4.78 is 0. The summed E-state index contributed by atoms with van der Waals surface area (Å²) in [5, 5.41) is 9.41. The molecular formula is C14H22O. The second kappa shape index (κ2) is 7.54. The lowest BCUT2D eigenvalue weighted by atomic mass is 9.98. The van der Waals surface area contributed by atoms with E-state index in [4.69, 9.17) is 0 Å². The molecule has 84 valence electrons. The van der Waals surface area contributed by atoms with Crippen LogP contribution in [0.25, 0.3) is 0 Å². The number of hydrogen-bond acceptors (Lipinski definition) is 1. The van der Waals surface area contributed by atoms with Crippen molar-refractivity contribution in [3.63, 3.8) is 0 Å². The summed E-state index contributed by atoms with van der Waals surface area (Å²) in [6, 6.07) is 0. The predicted molar refractivity (Wildman–Crippen MR) is 64.5 cm³/mol. The van der Waals surface area contributed by atoms with Gasteiger partial charge in [-0.1, -0.05) is 38.0 Å². The van der Waals surface area contributed by atoms with Crippen LogP contribution in [-0.4, -0.2) is 11.2 Å². The normalized spacial score (nSPS) is 20.4. The van der Waals surface area contributed by atoms with Crippen LogP contribution < -0.4 is 0 Å². The van der Waals surface area contributed by atoms with Gasteiger partial charge in [0.25, 0.3) is 0 Å². The molecule has 0 heterocycles. The summed E-state index contributed by atoms with van der Waals surface area (Å²) in [6.07, 6.45) is 10.8. The van der Waals surface area contributed by atoms with E-state index >= 15 is 0 Å². The lowest BCUT2D eigenvalue weighted by Gasteiger charge is -2.12. The topological polar surface area (TPSA) is 20.2 Å². The average molecular weight is 206 g/mol. The van der Waals surface area contributed by atoms with Crippen LogP contribution in [0.2, 0.25) is 0 Å². The van der Waals surface area contributed by atoms with Gasteiger partial charge in [-0.15, -0.1) is 0 Å². The molecule has 0 spiro atoms. The molecule has 1 aliphatic rings. The van der Waals surface area contributed by atoms with Crippen molar-refractivity contribution in [2.24, 2.45) is 0 Å². The lowest BCUT2D eigenvalue weighted by molar-refractivity contribution is 0.203. The van der Waals surface area contributed by atoms with Crippen LogP contribution in [0.1, 0.15) is 58.3 Å². The molecule has 0 aromatic heterocycles.